The fourth-order valence-electron chi connectivity index (χ4n) is 3.53. The molecule has 18 heteroatoms. The molecule has 0 amide bonds. The maximum atomic E-state index is 11.2. The summed E-state index contributed by atoms with van der Waals surface area (Å²) in [7, 11) is 6.04. The molecule has 3 rings (SSSR count). The largest absolute Gasteiger partial charge is 0.481 e. The summed E-state index contributed by atoms with van der Waals surface area (Å²) in [4.78, 5) is 44.3. The molecule has 0 radical (unpaired) electrons. The first kappa shape index (κ1) is 63.7. The van der Waals surface area contributed by atoms with E-state index in [9.17, 15) is 14.4 Å². The van der Waals surface area contributed by atoms with Gasteiger partial charge in [0.2, 0.25) is 0 Å². The summed E-state index contributed by atoms with van der Waals surface area (Å²) < 4.78 is 4.62. The summed E-state index contributed by atoms with van der Waals surface area (Å²) in [5.74, 6) is -2.79. The standard InChI is InChI=1S/C11H15NO3.C10H13NO3.C9H12N2O3.3CH4.ClH.H4P2.2H3P/c1-8(11(14)15-2)5-10-6-9(7-13)3-4-12-10;1-7(10(13)14)4-9-5-8(6-12)2-3-11-9;10-8(9(13)14)4-7-3-6(5-12)1-2-11-7;;;;;1-2;;/h3-4,6,8,13H,5,7H2,1-2H3;2-3,5,7,12H,4,6H2,1H3,(H,13,14);1-3,8,12H,4-5,10H2,(H,13,14);3*1H4;1H;1-2H2;2*1H3/t8-;7-;8-;;;;;;;/m000......./s1. The molecule has 3 heterocycles. The number of carboxylic acid groups (broad SMARTS) is 2. The second-order valence-electron chi connectivity index (χ2n) is 9.66. The van der Waals surface area contributed by atoms with E-state index in [1.165, 1.54) is 13.3 Å². The highest BCUT2D eigenvalue weighted by atomic mass is 35.5. The fourth-order valence-corrected chi connectivity index (χ4v) is 3.53. The number of aromatic nitrogens is 3. The molecule has 0 aliphatic heterocycles. The van der Waals surface area contributed by atoms with Gasteiger partial charge in [0, 0.05) is 54.9 Å². The van der Waals surface area contributed by atoms with Gasteiger partial charge in [-0.15, -0.1) is 30.3 Å². The first-order valence-electron chi connectivity index (χ1n) is 13.7. The van der Waals surface area contributed by atoms with E-state index in [1.807, 2.05) is 0 Å². The van der Waals surface area contributed by atoms with Crippen LogP contribution in [0.5, 0.6) is 0 Å². The number of ether oxygens (including phenoxy) is 1. The van der Waals surface area contributed by atoms with E-state index < -0.39 is 23.9 Å². The zero-order chi connectivity index (χ0) is 34.4. The van der Waals surface area contributed by atoms with Gasteiger partial charge in [-0.1, -0.05) is 36.1 Å². The predicted octanol–water partition coefficient (Wildman–Crippen LogP) is 4.39. The number of aliphatic carboxylic acids is 2. The third-order valence-electron chi connectivity index (χ3n) is 5.99. The smallest absolute Gasteiger partial charge is 0.320 e. The van der Waals surface area contributed by atoms with E-state index in [1.54, 1.807) is 62.6 Å². The van der Waals surface area contributed by atoms with Crippen LogP contribution in [0.4, 0.5) is 0 Å². The fraction of sp³-hybridized carbons (Fsp3) is 0.455. The highest BCUT2D eigenvalue weighted by Gasteiger charge is 2.15. The number of aliphatic hydroxyl groups is 3. The minimum Gasteiger partial charge on any atom is -0.481 e. The van der Waals surface area contributed by atoms with Gasteiger partial charge in [-0.25, -0.2) is 0 Å². The van der Waals surface area contributed by atoms with Gasteiger partial charge in [-0.3, -0.25) is 29.3 Å². The van der Waals surface area contributed by atoms with Crippen LogP contribution in [0.2, 0.25) is 0 Å². The van der Waals surface area contributed by atoms with Crippen molar-refractivity contribution in [3.8, 4) is 0 Å². The van der Waals surface area contributed by atoms with Crippen molar-refractivity contribution in [2.45, 2.75) is 81.3 Å². The predicted molar refractivity (Wildman–Crippen MR) is 224 cm³/mol. The first-order valence-corrected chi connectivity index (χ1v) is 16.4. The Morgan fingerprint density at radius 2 is 1.00 bits per heavy atom. The van der Waals surface area contributed by atoms with Crippen molar-refractivity contribution in [2.75, 3.05) is 7.11 Å². The van der Waals surface area contributed by atoms with Crippen LogP contribution >= 0.6 is 50.1 Å². The van der Waals surface area contributed by atoms with Crippen LogP contribution in [-0.2, 0) is 58.2 Å². The van der Waals surface area contributed by atoms with E-state index in [2.05, 4.69) is 37.5 Å². The molecule has 7 atom stereocenters. The number of pyridine rings is 3. The van der Waals surface area contributed by atoms with Crippen LogP contribution < -0.4 is 5.73 Å². The number of methoxy groups -OCH3 is 1. The van der Waals surface area contributed by atoms with Gasteiger partial charge < -0.3 is 36.0 Å². The van der Waals surface area contributed by atoms with Crippen molar-refractivity contribution in [3.05, 3.63) is 88.8 Å². The summed E-state index contributed by atoms with van der Waals surface area (Å²) in [5.41, 5.74) is 9.67. The second-order valence-corrected chi connectivity index (χ2v) is 9.66. The summed E-state index contributed by atoms with van der Waals surface area (Å²) >= 11 is 0. The molecule has 0 spiro atoms. The van der Waals surface area contributed by atoms with Gasteiger partial charge in [0.05, 0.1) is 38.8 Å². The van der Waals surface area contributed by atoms with E-state index >= 15 is 0 Å². The number of hydrogen-bond acceptors (Lipinski definition) is 11. The van der Waals surface area contributed by atoms with Crippen molar-refractivity contribution in [1.29, 1.82) is 0 Å². The first-order chi connectivity index (χ1) is 21.4. The number of esters is 1. The number of nitrogens with zero attached hydrogens (tertiary/aromatic N) is 3. The second kappa shape index (κ2) is 37.5. The van der Waals surface area contributed by atoms with Crippen molar-refractivity contribution in [3.63, 3.8) is 0 Å². The lowest BCUT2D eigenvalue weighted by atomic mass is 10.0. The number of hydrogen-bond donors (Lipinski definition) is 6. The van der Waals surface area contributed by atoms with E-state index in [4.69, 9.17) is 31.3 Å². The Hall–Kier alpha value is -2.29. The molecule has 7 N–H and O–H groups in total. The number of carboxylic acids is 2. The zero-order valence-corrected chi connectivity index (χ0v) is 33.4. The number of rotatable bonds is 12. The van der Waals surface area contributed by atoms with Gasteiger partial charge in [0.1, 0.15) is 6.04 Å². The molecular weight excluding hydrogens is 756 g/mol. The van der Waals surface area contributed by atoms with Crippen LogP contribution in [0, 0.1) is 11.8 Å². The Kier molecular flexibility index (Phi) is 46.8. The zero-order valence-electron chi connectivity index (χ0n) is 27.4. The molecule has 0 aliphatic carbocycles. The lowest BCUT2D eigenvalue weighted by Gasteiger charge is -2.08. The van der Waals surface area contributed by atoms with Crippen molar-refractivity contribution >= 4 is 68.0 Å². The van der Waals surface area contributed by atoms with Crippen molar-refractivity contribution in [2.24, 2.45) is 17.6 Å². The molecule has 0 fully saturated rings. The topological polar surface area (TPSA) is 226 Å². The molecule has 0 bridgehead atoms. The van der Waals surface area contributed by atoms with Crippen molar-refractivity contribution in [1.82, 2.24) is 15.0 Å². The van der Waals surface area contributed by atoms with E-state index in [0.717, 1.165) is 16.8 Å². The minimum atomic E-state index is -1.05. The molecule has 51 heavy (non-hydrogen) atoms. The third-order valence-corrected chi connectivity index (χ3v) is 5.99. The molecule has 0 aromatic carbocycles. The number of carbonyl (C=O) groups is 3. The summed E-state index contributed by atoms with van der Waals surface area (Å²) in [6, 6.07) is 9.31. The van der Waals surface area contributed by atoms with E-state index in [-0.39, 0.29) is 92.6 Å². The Morgan fingerprint density at radius 3 is 1.27 bits per heavy atom. The van der Waals surface area contributed by atoms with Crippen LogP contribution in [-0.4, -0.2) is 71.5 Å². The van der Waals surface area contributed by atoms with Gasteiger partial charge >= 0.3 is 17.9 Å². The molecule has 3 aromatic rings. The highest BCUT2D eigenvalue weighted by molar-refractivity contribution is 7.92. The SMILES string of the molecule is C.C.C.COC(=O)[C@@H](C)Cc1cc(CO)ccn1.C[C@@H](Cc1cc(CO)ccn1)C(=O)O.Cl.N[C@@H](Cc1cc(CO)ccn1)C(=O)O.P.P.PP. The van der Waals surface area contributed by atoms with Crippen LogP contribution in [0.1, 0.15) is 69.9 Å². The summed E-state index contributed by atoms with van der Waals surface area (Å²) in [5, 5.41) is 43.9. The number of carbonyl (C=O) groups excluding carboxylic acids is 1. The maximum absolute atomic E-state index is 11.2. The number of halogens is 1. The van der Waals surface area contributed by atoms with Gasteiger partial charge in [-0.05, 0) is 53.1 Å². The molecule has 13 nitrogen and oxygen atoms in total. The van der Waals surface area contributed by atoms with Crippen molar-refractivity contribution < 1.29 is 44.7 Å². The van der Waals surface area contributed by atoms with Crippen LogP contribution in [0.3, 0.4) is 0 Å². The van der Waals surface area contributed by atoms with Gasteiger partial charge in [0.15, 0.2) is 0 Å². The lowest BCUT2D eigenvalue weighted by Crippen LogP contribution is -2.32. The average Bonchev–Trinajstić information content (AvgIpc) is 3.05. The lowest BCUT2D eigenvalue weighted by molar-refractivity contribution is -0.145. The molecule has 296 valence electrons. The monoisotopic (exact) mass is 818 g/mol. The Balaban J connectivity index is -0.000000105. The minimum absolute atomic E-state index is 0. The molecule has 0 saturated carbocycles. The maximum Gasteiger partial charge on any atom is 0.320 e. The molecule has 0 saturated heterocycles. The molecule has 4 unspecified atom stereocenters. The molecule has 0 aliphatic rings. The van der Waals surface area contributed by atoms with Crippen LogP contribution in [0.25, 0.3) is 0 Å². The highest BCUT2D eigenvalue weighted by Crippen LogP contribution is 2.10. The number of nitrogens with two attached hydrogens (primary N) is 1. The third kappa shape index (κ3) is 28.0. The summed E-state index contributed by atoms with van der Waals surface area (Å²) in [6.45, 7) is 3.28. The quantitative estimate of drug-likeness (QED) is 0.110. The Labute approximate surface area is 321 Å². The van der Waals surface area contributed by atoms with Gasteiger partial charge in [0.25, 0.3) is 0 Å². The Bertz CT molecular complexity index is 1270. The normalized spacial score (nSPS) is 10.5. The molecule has 3 aromatic heterocycles. The Morgan fingerprint density at radius 1 is 0.686 bits per heavy atom. The van der Waals surface area contributed by atoms with Crippen LogP contribution in [0.15, 0.2) is 55.0 Å². The average molecular weight is 819 g/mol. The summed E-state index contributed by atoms with van der Waals surface area (Å²) in [6.07, 6.45) is 5.82. The van der Waals surface area contributed by atoms with E-state index in [0.29, 0.717) is 29.8 Å². The molecular formula is C33H63ClN4O9P4. The number of aliphatic hydroxyl groups excluding tert-OH is 3. The van der Waals surface area contributed by atoms with Gasteiger partial charge in [-0.2, -0.15) is 19.8 Å².